The van der Waals surface area contributed by atoms with Crippen LogP contribution in [-0.4, -0.2) is 12.6 Å². The van der Waals surface area contributed by atoms with Crippen molar-refractivity contribution in [3.05, 3.63) is 0 Å². The fourth-order valence-corrected chi connectivity index (χ4v) is 1.71. The molecule has 0 aliphatic rings. The van der Waals surface area contributed by atoms with E-state index >= 15 is 0 Å². The zero-order valence-electron chi connectivity index (χ0n) is 12.0. The zero-order chi connectivity index (χ0) is 12.9. The lowest BCUT2D eigenvalue weighted by Gasteiger charge is -2.06. The summed E-state index contributed by atoms with van der Waals surface area (Å²) < 4.78 is 5.16. The molecule has 0 aliphatic heterocycles. The Balaban J connectivity index is 3.16. The van der Waals surface area contributed by atoms with E-state index in [2.05, 4.69) is 20.8 Å². The average molecular weight is 242 g/mol. The highest BCUT2D eigenvalue weighted by Crippen LogP contribution is 2.09. The van der Waals surface area contributed by atoms with Crippen molar-refractivity contribution in [3.8, 4) is 0 Å². The quantitative estimate of drug-likeness (QED) is 0.387. The number of rotatable bonds is 11. The third-order valence-corrected chi connectivity index (χ3v) is 2.94. The third-order valence-electron chi connectivity index (χ3n) is 2.94. The number of carbonyl (C=O) groups is 1. The number of hydrogen-bond donors (Lipinski definition) is 0. The van der Waals surface area contributed by atoms with Crippen LogP contribution in [0.25, 0.3) is 0 Å². The minimum atomic E-state index is -0.0146. The SMILES string of the molecule is CCCCCCCCCC(=O)OCCC(C)C. The summed E-state index contributed by atoms with van der Waals surface area (Å²) in [7, 11) is 0. The van der Waals surface area contributed by atoms with E-state index in [1.807, 2.05) is 0 Å². The minimum Gasteiger partial charge on any atom is -0.466 e. The molecule has 2 heteroatoms. The van der Waals surface area contributed by atoms with Gasteiger partial charge >= 0.3 is 5.97 Å². The second kappa shape index (κ2) is 11.9. The van der Waals surface area contributed by atoms with Crippen molar-refractivity contribution in [2.24, 2.45) is 5.92 Å². The van der Waals surface area contributed by atoms with Crippen LogP contribution < -0.4 is 0 Å². The van der Waals surface area contributed by atoms with Crippen molar-refractivity contribution in [1.29, 1.82) is 0 Å². The predicted octanol–water partition coefficient (Wildman–Crippen LogP) is 4.72. The molecule has 0 spiro atoms. The van der Waals surface area contributed by atoms with Crippen LogP contribution >= 0.6 is 0 Å². The molecule has 0 bridgehead atoms. The topological polar surface area (TPSA) is 26.3 Å². The number of ether oxygens (including phenoxy) is 1. The lowest BCUT2D eigenvalue weighted by atomic mass is 10.1. The first-order valence-corrected chi connectivity index (χ1v) is 7.32. The summed E-state index contributed by atoms with van der Waals surface area (Å²) in [5.74, 6) is 0.598. The smallest absolute Gasteiger partial charge is 0.305 e. The largest absolute Gasteiger partial charge is 0.466 e. The van der Waals surface area contributed by atoms with Gasteiger partial charge < -0.3 is 4.74 Å². The first-order valence-electron chi connectivity index (χ1n) is 7.32. The van der Waals surface area contributed by atoms with Gasteiger partial charge in [-0.05, 0) is 18.8 Å². The predicted molar refractivity (Wildman–Crippen MR) is 73.0 cm³/mol. The molecule has 0 radical (unpaired) electrons. The van der Waals surface area contributed by atoms with Gasteiger partial charge in [0.1, 0.15) is 0 Å². The Morgan fingerprint density at radius 3 is 2.18 bits per heavy atom. The van der Waals surface area contributed by atoms with Crippen LogP contribution in [0.2, 0.25) is 0 Å². The fourth-order valence-electron chi connectivity index (χ4n) is 1.71. The molecule has 102 valence electrons. The van der Waals surface area contributed by atoms with Crippen molar-refractivity contribution in [1.82, 2.24) is 0 Å². The molecule has 0 saturated heterocycles. The fraction of sp³-hybridized carbons (Fsp3) is 0.933. The van der Waals surface area contributed by atoms with Gasteiger partial charge in [0.15, 0.2) is 0 Å². The minimum absolute atomic E-state index is 0.0146. The maximum Gasteiger partial charge on any atom is 0.305 e. The molecular formula is C15H30O2. The Morgan fingerprint density at radius 2 is 1.59 bits per heavy atom. The van der Waals surface area contributed by atoms with Crippen molar-refractivity contribution >= 4 is 5.97 Å². The van der Waals surface area contributed by atoms with E-state index in [9.17, 15) is 4.79 Å². The van der Waals surface area contributed by atoms with Gasteiger partial charge in [0.05, 0.1) is 6.61 Å². The molecule has 0 atom stereocenters. The van der Waals surface area contributed by atoms with Crippen LogP contribution in [0.5, 0.6) is 0 Å². The van der Waals surface area contributed by atoms with E-state index < -0.39 is 0 Å². The molecule has 0 aliphatic carbocycles. The highest BCUT2D eigenvalue weighted by molar-refractivity contribution is 5.69. The molecule has 0 heterocycles. The Kier molecular flexibility index (Phi) is 11.6. The molecule has 0 aromatic rings. The molecular weight excluding hydrogens is 212 g/mol. The third kappa shape index (κ3) is 13.4. The summed E-state index contributed by atoms with van der Waals surface area (Å²) in [4.78, 5) is 11.3. The van der Waals surface area contributed by atoms with Crippen molar-refractivity contribution < 1.29 is 9.53 Å². The molecule has 0 amide bonds. The zero-order valence-corrected chi connectivity index (χ0v) is 12.0. The molecule has 0 rings (SSSR count). The van der Waals surface area contributed by atoms with Gasteiger partial charge in [0.2, 0.25) is 0 Å². The Hall–Kier alpha value is -0.530. The second-order valence-electron chi connectivity index (χ2n) is 5.27. The lowest BCUT2D eigenvalue weighted by Crippen LogP contribution is -2.07. The first-order chi connectivity index (χ1) is 8.16. The molecule has 0 saturated carbocycles. The van der Waals surface area contributed by atoms with Crippen molar-refractivity contribution in [2.45, 2.75) is 78.6 Å². The van der Waals surface area contributed by atoms with Crippen LogP contribution in [0.1, 0.15) is 78.6 Å². The van der Waals surface area contributed by atoms with Gasteiger partial charge in [0.25, 0.3) is 0 Å². The molecule has 0 aromatic carbocycles. The van der Waals surface area contributed by atoms with Crippen LogP contribution in [0.3, 0.4) is 0 Å². The van der Waals surface area contributed by atoms with Crippen LogP contribution in [0.15, 0.2) is 0 Å². The molecule has 17 heavy (non-hydrogen) atoms. The van der Waals surface area contributed by atoms with Gasteiger partial charge in [-0.15, -0.1) is 0 Å². The summed E-state index contributed by atoms with van der Waals surface area (Å²) >= 11 is 0. The molecule has 0 N–H and O–H groups in total. The first kappa shape index (κ1) is 16.5. The maximum absolute atomic E-state index is 11.3. The van der Waals surface area contributed by atoms with Gasteiger partial charge in [-0.1, -0.05) is 59.3 Å². The highest BCUT2D eigenvalue weighted by Gasteiger charge is 2.03. The van der Waals surface area contributed by atoms with Gasteiger partial charge in [0, 0.05) is 6.42 Å². The van der Waals surface area contributed by atoms with E-state index in [0.717, 1.165) is 12.8 Å². The highest BCUT2D eigenvalue weighted by atomic mass is 16.5. The van der Waals surface area contributed by atoms with E-state index in [1.165, 1.54) is 38.5 Å². The van der Waals surface area contributed by atoms with Crippen LogP contribution in [-0.2, 0) is 9.53 Å². The maximum atomic E-state index is 11.3. The molecule has 0 unspecified atom stereocenters. The number of esters is 1. The van der Waals surface area contributed by atoms with E-state index in [0.29, 0.717) is 18.9 Å². The van der Waals surface area contributed by atoms with Gasteiger partial charge in [-0.25, -0.2) is 0 Å². The Labute approximate surface area is 107 Å². The normalized spacial score (nSPS) is 10.8. The molecule has 0 aromatic heterocycles. The summed E-state index contributed by atoms with van der Waals surface area (Å²) in [5, 5.41) is 0. The van der Waals surface area contributed by atoms with E-state index in [4.69, 9.17) is 4.74 Å². The summed E-state index contributed by atoms with van der Waals surface area (Å²) in [5.41, 5.74) is 0. The van der Waals surface area contributed by atoms with E-state index in [-0.39, 0.29) is 5.97 Å². The standard InChI is InChI=1S/C15H30O2/c1-4-5-6-7-8-9-10-11-15(16)17-13-12-14(2)3/h14H,4-13H2,1-3H3. The van der Waals surface area contributed by atoms with Gasteiger partial charge in [-0.3, -0.25) is 4.79 Å². The summed E-state index contributed by atoms with van der Waals surface area (Å²) in [6.45, 7) is 7.11. The Bertz CT molecular complexity index is 176. The van der Waals surface area contributed by atoms with Gasteiger partial charge in [-0.2, -0.15) is 0 Å². The van der Waals surface area contributed by atoms with Crippen molar-refractivity contribution in [2.75, 3.05) is 6.61 Å². The van der Waals surface area contributed by atoms with Crippen LogP contribution in [0, 0.1) is 5.92 Å². The second-order valence-corrected chi connectivity index (χ2v) is 5.27. The van der Waals surface area contributed by atoms with Crippen molar-refractivity contribution in [3.63, 3.8) is 0 Å². The number of hydrogen-bond acceptors (Lipinski definition) is 2. The Morgan fingerprint density at radius 1 is 1.00 bits per heavy atom. The monoisotopic (exact) mass is 242 g/mol. The summed E-state index contributed by atoms with van der Waals surface area (Å²) in [6.07, 6.45) is 10.3. The number of unbranched alkanes of at least 4 members (excludes halogenated alkanes) is 6. The summed E-state index contributed by atoms with van der Waals surface area (Å²) in [6, 6.07) is 0. The van der Waals surface area contributed by atoms with Crippen LogP contribution in [0.4, 0.5) is 0 Å². The average Bonchev–Trinajstić information content (AvgIpc) is 2.27. The molecule has 0 fully saturated rings. The lowest BCUT2D eigenvalue weighted by molar-refractivity contribution is -0.144. The number of carbonyl (C=O) groups excluding carboxylic acids is 1. The van der Waals surface area contributed by atoms with E-state index in [1.54, 1.807) is 0 Å². The molecule has 2 nitrogen and oxygen atoms in total.